The number of carboxylic acids is 1. The molecule has 0 aliphatic heterocycles. The van der Waals surface area contributed by atoms with Crippen molar-refractivity contribution < 1.29 is 24.2 Å². The third kappa shape index (κ3) is 8.10. The topological polar surface area (TPSA) is 204 Å². The quantitative estimate of drug-likeness (QED) is 0.0954. The maximum Gasteiger partial charge on any atom is 0.435 e. The second-order valence-corrected chi connectivity index (χ2v) is 10.5. The van der Waals surface area contributed by atoms with Crippen LogP contribution in [-0.4, -0.2) is 44.5 Å². The van der Waals surface area contributed by atoms with Crippen molar-refractivity contribution >= 4 is 35.3 Å². The van der Waals surface area contributed by atoms with E-state index in [1.165, 1.54) is 29.0 Å². The van der Waals surface area contributed by atoms with Crippen LogP contribution in [0.2, 0.25) is 0 Å². The number of carbonyl (C=O) groups is 3. The van der Waals surface area contributed by atoms with E-state index in [-0.39, 0.29) is 54.3 Å². The Hall–Kier alpha value is -5.98. The summed E-state index contributed by atoms with van der Waals surface area (Å²) in [7, 11) is 0. The Morgan fingerprint density at radius 2 is 1.73 bits per heavy atom. The number of aliphatic imine (C=N–C) groups is 1. The van der Waals surface area contributed by atoms with Gasteiger partial charge in [0.05, 0.1) is 17.5 Å². The highest BCUT2D eigenvalue weighted by Gasteiger charge is 2.24. The molecule has 1 fully saturated rings. The summed E-state index contributed by atoms with van der Waals surface area (Å²) >= 11 is 0. The van der Waals surface area contributed by atoms with Crippen molar-refractivity contribution in [3.8, 4) is 11.3 Å². The number of ether oxygens (including phenoxy) is 1. The SMILES string of the molecule is N/C(=N\C(=O)OCc1ccccc1)c1ccc(CNC(=O)Cn2c(-c3cc(N)cc(C(=O)O)c3)cnc(NC3CC3)c2=O)cc1. The number of nitrogen functional groups attached to an aromatic ring is 1. The molecule has 0 atom stereocenters. The summed E-state index contributed by atoms with van der Waals surface area (Å²) < 4.78 is 6.38. The van der Waals surface area contributed by atoms with E-state index in [0.717, 1.165) is 24.0 Å². The molecular formula is C32H31N7O6. The number of carboxylic acid groups (broad SMARTS) is 1. The smallest absolute Gasteiger partial charge is 0.435 e. The van der Waals surface area contributed by atoms with Gasteiger partial charge in [0.15, 0.2) is 5.82 Å². The number of nitrogens with one attached hydrogen (secondary N) is 2. The van der Waals surface area contributed by atoms with Crippen molar-refractivity contribution in [1.29, 1.82) is 0 Å². The lowest BCUT2D eigenvalue weighted by molar-refractivity contribution is -0.121. The normalized spacial score (nSPS) is 12.8. The highest BCUT2D eigenvalue weighted by molar-refractivity contribution is 6.02. The van der Waals surface area contributed by atoms with Gasteiger partial charge in [-0.1, -0.05) is 54.6 Å². The number of nitrogens with zero attached hydrogens (tertiary/aromatic N) is 3. The molecule has 1 aromatic heterocycles. The van der Waals surface area contributed by atoms with Crippen LogP contribution in [-0.2, 0) is 29.2 Å². The lowest BCUT2D eigenvalue weighted by Gasteiger charge is -2.16. The number of hydrogen-bond donors (Lipinski definition) is 5. The first-order chi connectivity index (χ1) is 21.7. The number of aromatic nitrogens is 2. The number of aromatic carboxylic acids is 1. The third-order valence-corrected chi connectivity index (χ3v) is 6.93. The van der Waals surface area contributed by atoms with E-state index in [1.807, 2.05) is 30.3 Å². The Balaban J connectivity index is 1.25. The van der Waals surface area contributed by atoms with E-state index in [9.17, 15) is 24.3 Å². The van der Waals surface area contributed by atoms with Crippen molar-refractivity contribution in [2.75, 3.05) is 11.1 Å². The number of benzene rings is 3. The summed E-state index contributed by atoms with van der Waals surface area (Å²) in [5.74, 6) is -1.56. The molecule has 3 aromatic carbocycles. The van der Waals surface area contributed by atoms with Crippen molar-refractivity contribution in [3.63, 3.8) is 0 Å². The first kappa shape index (κ1) is 30.5. The second kappa shape index (κ2) is 13.5. The van der Waals surface area contributed by atoms with Gasteiger partial charge >= 0.3 is 12.1 Å². The van der Waals surface area contributed by atoms with Gasteiger partial charge < -0.3 is 31.9 Å². The maximum atomic E-state index is 13.4. The summed E-state index contributed by atoms with van der Waals surface area (Å²) in [4.78, 5) is 58.1. The molecule has 7 N–H and O–H groups in total. The van der Waals surface area contributed by atoms with Crippen LogP contribution in [0.4, 0.5) is 16.3 Å². The summed E-state index contributed by atoms with van der Waals surface area (Å²) in [6.07, 6.45) is 2.43. The molecule has 4 aromatic rings. The number of rotatable bonds is 11. The molecule has 13 nitrogen and oxygen atoms in total. The average molecular weight is 610 g/mol. The first-order valence-corrected chi connectivity index (χ1v) is 14.1. The van der Waals surface area contributed by atoms with Gasteiger partial charge in [-0.3, -0.25) is 14.2 Å². The fraction of sp³-hybridized carbons (Fsp3) is 0.188. The van der Waals surface area contributed by atoms with Crippen LogP contribution >= 0.6 is 0 Å². The van der Waals surface area contributed by atoms with Crippen molar-refractivity contribution in [1.82, 2.24) is 14.9 Å². The molecule has 0 saturated heterocycles. The van der Waals surface area contributed by atoms with Gasteiger partial charge in [-0.25, -0.2) is 14.6 Å². The van der Waals surface area contributed by atoms with E-state index in [1.54, 1.807) is 24.3 Å². The molecule has 0 unspecified atom stereocenters. The number of amides is 2. The molecule has 45 heavy (non-hydrogen) atoms. The predicted molar refractivity (Wildman–Crippen MR) is 168 cm³/mol. The van der Waals surface area contributed by atoms with E-state index in [2.05, 4.69) is 20.6 Å². The standard InChI is InChI=1S/C32H31N7O6/c33-24-13-22(12-23(14-24)31(42)43)26-16-36-29(37-25-10-11-25)30(41)39(26)17-27(40)35-15-19-6-8-21(9-7-19)28(34)38-32(44)45-18-20-4-2-1-3-5-20/h1-9,12-14,16,25H,10-11,15,17-18,33H2,(H,35,40)(H,36,37)(H,42,43)(H2,34,38,44). The van der Waals surface area contributed by atoms with Gasteiger partial charge in [-0.2, -0.15) is 4.99 Å². The van der Waals surface area contributed by atoms with E-state index in [4.69, 9.17) is 16.2 Å². The van der Waals surface area contributed by atoms with Crippen LogP contribution in [0.15, 0.2) is 88.8 Å². The second-order valence-electron chi connectivity index (χ2n) is 10.5. The molecule has 0 radical (unpaired) electrons. The molecule has 1 saturated carbocycles. The third-order valence-electron chi connectivity index (χ3n) is 6.93. The van der Waals surface area contributed by atoms with E-state index >= 15 is 0 Å². The highest BCUT2D eigenvalue weighted by atomic mass is 16.5. The molecule has 1 heterocycles. The molecule has 13 heteroatoms. The Labute approximate surface area is 257 Å². The average Bonchev–Trinajstić information content (AvgIpc) is 3.85. The van der Waals surface area contributed by atoms with E-state index < -0.39 is 23.5 Å². The predicted octanol–water partition coefficient (Wildman–Crippen LogP) is 3.12. The molecule has 5 rings (SSSR count). The summed E-state index contributed by atoms with van der Waals surface area (Å²) in [6.45, 7) is -0.140. The molecule has 1 aliphatic rings. The number of carbonyl (C=O) groups excluding carboxylic acids is 2. The summed E-state index contributed by atoms with van der Waals surface area (Å²) in [5.41, 5.74) is 14.1. The van der Waals surface area contributed by atoms with Gasteiger partial charge in [0, 0.05) is 29.4 Å². The minimum Gasteiger partial charge on any atom is -0.478 e. The molecule has 230 valence electrons. The van der Waals surface area contributed by atoms with Gasteiger partial charge in [0.2, 0.25) is 5.91 Å². The Bertz CT molecular complexity index is 1820. The van der Waals surface area contributed by atoms with Crippen LogP contribution in [0.25, 0.3) is 11.3 Å². The zero-order chi connectivity index (χ0) is 31.9. The monoisotopic (exact) mass is 609 g/mol. The number of hydrogen-bond acceptors (Lipinski definition) is 8. The number of amidine groups is 1. The largest absolute Gasteiger partial charge is 0.478 e. The fourth-order valence-electron chi connectivity index (χ4n) is 4.43. The van der Waals surface area contributed by atoms with Crippen LogP contribution in [0, 0.1) is 0 Å². The van der Waals surface area contributed by atoms with Crippen molar-refractivity contribution in [2.24, 2.45) is 10.7 Å². The lowest BCUT2D eigenvalue weighted by Crippen LogP contribution is -2.34. The van der Waals surface area contributed by atoms with Crippen LogP contribution in [0.3, 0.4) is 0 Å². The van der Waals surface area contributed by atoms with Gasteiger partial charge in [0.1, 0.15) is 19.0 Å². The van der Waals surface area contributed by atoms with Gasteiger partial charge in [0.25, 0.3) is 5.56 Å². The summed E-state index contributed by atoms with van der Waals surface area (Å²) in [5, 5.41) is 15.3. The van der Waals surface area contributed by atoms with E-state index in [0.29, 0.717) is 11.1 Å². The van der Waals surface area contributed by atoms with Crippen LogP contribution in [0.5, 0.6) is 0 Å². The zero-order valence-corrected chi connectivity index (χ0v) is 24.1. The molecular weight excluding hydrogens is 578 g/mol. The number of nitrogens with two attached hydrogens (primary N) is 2. The number of anilines is 2. The van der Waals surface area contributed by atoms with Crippen molar-refractivity contribution in [2.45, 2.75) is 38.6 Å². The summed E-state index contributed by atoms with van der Waals surface area (Å²) in [6, 6.07) is 20.3. The van der Waals surface area contributed by atoms with Crippen LogP contribution < -0.4 is 27.7 Å². The zero-order valence-electron chi connectivity index (χ0n) is 24.1. The minimum absolute atomic E-state index is 0.0172. The van der Waals surface area contributed by atoms with Gasteiger partial charge in [-0.15, -0.1) is 0 Å². The minimum atomic E-state index is -1.18. The van der Waals surface area contributed by atoms with Gasteiger partial charge in [-0.05, 0) is 42.2 Å². The first-order valence-electron chi connectivity index (χ1n) is 14.1. The highest BCUT2D eigenvalue weighted by Crippen LogP contribution is 2.25. The lowest BCUT2D eigenvalue weighted by atomic mass is 10.1. The molecule has 2 amide bonds. The molecule has 0 spiro atoms. The maximum absolute atomic E-state index is 13.4. The Kier molecular flexibility index (Phi) is 9.17. The Morgan fingerprint density at radius 3 is 2.42 bits per heavy atom. The molecule has 1 aliphatic carbocycles. The van der Waals surface area contributed by atoms with Crippen molar-refractivity contribution in [3.05, 3.63) is 112 Å². The Morgan fingerprint density at radius 1 is 1.00 bits per heavy atom. The molecule has 0 bridgehead atoms. The van der Waals surface area contributed by atoms with Crippen LogP contribution in [0.1, 0.15) is 39.9 Å². The fourth-order valence-corrected chi connectivity index (χ4v) is 4.43.